The molecule has 0 saturated heterocycles. The first-order chi connectivity index (χ1) is 8.69. The Hall–Kier alpha value is -1.74. The average molecular weight is 257 g/mol. The van der Waals surface area contributed by atoms with Crippen molar-refractivity contribution in [2.75, 3.05) is 6.26 Å². The number of aromatic hydroxyl groups is 1. The lowest BCUT2D eigenvalue weighted by Gasteiger charge is -2.00. The molecule has 2 nitrogen and oxygen atoms in total. The second kappa shape index (κ2) is 5.74. The Bertz CT molecular complexity index is 561. The van der Waals surface area contributed by atoms with Gasteiger partial charge in [0, 0.05) is 11.1 Å². The van der Waals surface area contributed by atoms with E-state index in [-0.39, 0.29) is 5.75 Å². The largest absolute Gasteiger partial charge is 0.506 e. The van der Waals surface area contributed by atoms with E-state index >= 15 is 0 Å². The fraction of sp³-hybridized carbons (Fsp3) is 0.133. The summed E-state index contributed by atoms with van der Waals surface area (Å²) in [4.78, 5) is 5.54. The molecule has 2 aromatic carbocycles. The molecule has 0 spiro atoms. The fourth-order valence-electron chi connectivity index (χ4n) is 1.57. The molecule has 18 heavy (non-hydrogen) atoms. The molecule has 0 saturated carbocycles. The van der Waals surface area contributed by atoms with Gasteiger partial charge in [0.1, 0.15) is 11.4 Å². The number of nitrogens with zero attached hydrogens (tertiary/aromatic N) is 1. The van der Waals surface area contributed by atoms with E-state index in [9.17, 15) is 5.11 Å². The van der Waals surface area contributed by atoms with E-state index in [0.29, 0.717) is 5.69 Å². The van der Waals surface area contributed by atoms with Crippen LogP contribution in [0.5, 0.6) is 5.75 Å². The van der Waals surface area contributed by atoms with Crippen molar-refractivity contribution in [1.82, 2.24) is 0 Å². The first-order valence-corrected chi connectivity index (χ1v) is 6.89. The molecule has 1 N–H and O–H groups in total. The smallest absolute Gasteiger partial charge is 0.141 e. The molecule has 0 aliphatic rings. The normalized spacial score (nSPS) is 11.0. The number of aliphatic imine (C=N–C) groups is 1. The maximum Gasteiger partial charge on any atom is 0.141 e. The molecule has 0 amide bonds. The molecule has 0 bridgehead atoms. The highest BCUT2D eigenvalue weighted by atomic mass is 32.2. The van der Waals surface area contributed by atoms with Crippen LogP contribution in [0.25, 0.3) is 0 Å². The van der Waals surface area contributed by atoms with Crippen molar-refractivity contribution in [3.05, 3.63) is 53.6 Å². The summed E-state index contributed by atoms with van der Waals surface area (Å²) in [5, 5.41) is 9.68. The molecule has 0 aromatic heterocycles. The summed E-state index contributed by atoms with van der Waals surface area (Å²) in [6, 6.07) is 13.5. The molecule has 3 heteroatoms. The van der Waals surface area contributed by atoms with E-state index in [0.717, 1.165) is 11.1 Å². The van der Waals surface area contributed by atoms with Crippen LogP contribution in [-0.4, -0.2) is 17.6 Å². The van der Waals surface area contributed by atoms with Crippen LogP contribution in [0.2, 0.25) is 0 Å². The Morgan fingerprint density at radius 2 is 1.83 bits per heavy atom. The van der Waals surface area contributed by atoms with Crippen molar-refractivity contribution in [3.8, 4) is 5.75 Å². The molecule has 0 fully saturated rings. The van der Waals surface area contributed by atoms with Gasteiger partial charge in [0.05, 0.1) is 0 Å². The van der Waals surface area contributed by atoms with E-state index in [1.54, 1.807) is 24.0 Å². The van der Waals surface area contributed by atoms with Crippen molar-refractivity contribution >= 4 is 23.7 Å². The van der Waals surface area contributed by atoms with Gasteiger partial charge in [-0.2, -0.15) is 0 Å². The van der Waals surface area contributed by atoms with Gasteiger partial charge in [-0.25, -0.2) is 0 Å². The van der Waals surface area contributed by atoms with Gasteiger partial charge in [0.15, 0.2) is 0 Å². The zero-order valence-electron chi connectivity index (χ0n) is 10.4. The van der Waals surface area contributed by atoms with Crippen molar-refractivity contribution in [1.29, 1.82) is 0 Å². The highest BCUT2D eigenvalue weighted by molar-refractivity contribution is 7.98. The molecule has 2 rings (SSSR count). The van der Waals surface area contributed by atoms with Crippen LogP contribution in [0.4, 0.5) is 5.69 Å². The van der Waals surface area contributed by atoms with Gasteiger partial charge in [0.25, 0.3) is 0 Å². The first-order valence-electron chi connectivity index (χ1n) is 5.67. The minimum atomic E-state index is 0.206. The van der Waals surface area contributed by atoms with Gasteiger partial charge in [-0.15, -0.1) is 11.8 Å². The lowest BCUT2D eigenvalue weighted by molar-refractivity contribution is 0.477. The number of phenolic OH excluding ortho intramolecular Hbond substituents is 1. The fourth-order valence-corrected chi connectivity index (χ4v) is 1.98. The summed E-state index contributed by atoms with van der Waals surface area (Å²) in [6.07, 6.45) is 3.81. The van der Waals surface area contributed by atoms with Crippen molar-refractivity contribution in [3.63, 3.8) is 0 Å². The number of thioether (sulfide) groups is 1. The molecule has 0 aliphatic heterocycles. The topological polar surface area (TPSA) is 32.6 Å². The van der Waals surface area contributed by atoms with E-state index in [2.05, 4.69) is 17.1 Å². The summed E-state index contributed by atoms with van der Waals surface area (Å²) in [5.74, 6) is 0.206. The molecule has 0 atom stereocenters. The maximum atomic E-state index is 9.68. The predicted octanol–water partition coefficient (Wildman–Crippen LogP) is 4.17. The molecule has 0 heterocycles. The van der Waals surface area contributed by atoms with E-state index < -0.39 is 0 Å². The number of hydrogen-bond acceptors (Lipinski definition) is 3. The third-order valence-corrected chi connectivity index (χ3v) is 3.34. The summed E-state index contributed by atoms with van der Waals surface area (Å²) in [5.41, 5.74) is 2.70. The van der Waals surface area contributed by atoms with Crippen LogP contribution in [0, 0.1) is 6.92 Å². The number of rotatable bonds is 3. The summed E-state index contributed by atoms with van der Waals surface area (Å²) in [6.45, 7) is 1.98. The van der Waals surface area contributed by atoms with E-state index in [4.69, 9.17) is 0 Å². The predicted molar refractivity (Wildman–Crippen MR) is 78.3 cm³/mol. The van der Waals surface area contributed by atoms with E-state index in [1.807, 2.05) is 37.4 Å². The third kappa shape index (κ3) is 3.14. The maximum absolute atomic E-state index is 9.68. The third-order valence-electron chi connectivity index (χ3n) is 2.60. The van der Waals surface area contributed by atoms with Gasteiger partial charge in [-0.05, 0) is 48.6 Å². The molecule has 92 valence electrons. The molecule has 0 aliphatic carbocycles. The second-order valence-electron chi connectivity index (χ2n) is 4.02. The van der Waals surface area contributed by atoms with Crippen LogP contribution in [0.1, 0.15) is 11.1 Å². The molecule has 2 aromatic rings. The number of aryl methyl sites for hydroxylation is 1. The summed E-state index contributed by atoms with van der Waals surface area (Å²) < 4.78 is 0. The SMILES string of the molecule is CSc1ccc(C=Nc2cc(C)ccc2O)cc1. The minimum Gasteiger partial charge on any atom is -0.506 e. The molecular weight excluding hydrogens is 242 g/mol. The van der Waals surface area contributed by atoms with Crippen molar-refractivity contribution in [2.45, 2.75) is 11.8 Å². The lowest BCUT2D eigenvalue weighted by Crippen LogP contribution is -1.81. The van der Waals surface area contributed by atoms with Gasteiger partial charge in [0.2, 0.25) is 0 Å². The van der Waals surface area contributed by atoms with Crippen molar-refractivity contribution < 1.29 is 5.11 Å². The summed E-state index contributed by atoms with van der Waals surface area (Å²) >= 11 is 1.71. The van der Waals surface area contributed by atoms with E-state index in [1.165, 1.54) is 4.90 Å². The Balaban J connectivity index is 2.21. The van der Waals surface area contributed by atoms with Crippen LogP contribution >= 0.6 is 11.8 Å². The second-order valence-corrected chi connectivity index (χ2v) is 4.90. The van der Waals surface area contributed by atoms with Crippen LogP contribution in [0.3, 0.4) is 0 Å². The Morgan fingerprint density at radius 3 is 2.50 bits per heavy atom. The zero-order chi connectivity index (χ0) is 13.0. The highest BCUT2D eigenvalue weighted by Gasteiger charge is 1.98. The van der Waals surface area contributed by atoms with Crippen molar-refractivity contribution in [2.24, 2.45) is 4.99 Å². The quantitative estimate of drug-likeness (QED) is 0.661. The first kappa shape index (κ1) is 12.7. The van der Waals surface area contributed by atoms with Gasteiger partial charge >= 0.3 is 0 Å². The van der Waals surface area contributed by atoms with Gasteiger partial charge < -0.3 is 5.11 Å². The monoisotopic (exact) mass is 257 g/mol. The molecule has 0 radical (unpaired) electrons. The van der Waals surface area contributed by atoms with Gasteiger partial charge in [-0.3, -0.25) is 4.99 Å². The number of phenols is 1. The highest BCUT2D eigenvalue weighted by Crippen LogP contribution is 2.26. The molecular formula is C15H15NOS. The Morgan fingerprint density at radius 1 is 1.11 bits per heavy atom. The number of hydrogen-bond donors (Lipinski definition) is 1. The number of benzene rings is 2. The van der Waals surface area contributed by atoms with Gasteiger partial charge in [-0.1, -0.05) is 18.2 Å². The standard InChI is InChI=1S/C15H15NOS/c1-11-3-8-15(17)14(9-11)16-10-12-4-6-13(18-2)7-5-12/h3-10,17H,1-2H3. The summed E-state index contributed by atoms with van der Waals surface area (Å²) in [7, 11) is 0. The molecule has 0 unspecified atom stereocenters. The average Bonchev–Trinajstić information content (AvgIpc) is 2.40. The zero-order valence-corrected chi connectivity index (χ0v) is 11.2. The Labute approximate surface area is 111 Å². The van der Waals surface area contributed by atoms with Crippen LogP contribution < -0.4 is 0 Å². The van der Waals surface area contributed by atoms with Crippen LogP contribution in [0.15, 0.2) is 52.4 Å². The Kier molecular flexibility index (Phi) is 4.05. The minimum absolute atomic E-state index is 0.206. The lowest BCUT2D eigenvalue weighted by atomic mass is 10.2. The van der Waals surface area contributed by atoms with Crippen LogP contribution in [-0.2, 0) is 0 Å².